The Morgan fingerprint density at radius 1 is 1.50 bits per heavy atom. The summed E-state index contributed by atoms with van der Waals surface area (Å²) in [5, 5.41) is 0. The van der Waals surface area contributed by atoms with Crippen molar-refractivity contribution in [3.05, 3.63) is 0 Å². The van der Waals surface area contributed by atoms with E-state index in [4.69, 9.17) is 4.74 Å². The van der Waals surface area contributed by atoms with Gasteiger partial charge in [-0.05, 0) is 6.42 Å². The number of aldehydes is 1. The lowest BCUT2D eigenvalue weighted by Gasteiger charge is -1.91. The summed E-state index contributed by atoms with van der Waals surface area (Å²) in [5.74, 6) is 0. The number of hydrogen-bond donors (Lipinski definition) is 0. The number of ether oxygens (including phenoxy) is 1. The summed E-state index contributed by atoms with van der Waals surface area (Å²) >= 11 is 0. The van der Waals surface area contributed by atoms with Crippen molar-refractivity contribution in [2.24, 2.45) is 0 Å². The fourth-order valence-corrected chi connectivity index (χ4v) is 1.10. The predicted molar refractivity (Wildman–Crippen MR) is 38.9 cm³/mol. The predicted octanol–water partition coefficient (Wildman–Crippen LogP) is 1.53. The van der Waals surface area contributed by atoms with Crippen LogP contribution in [0, 0.1) is 0 Å². The van der Waals surface area contributed by atoms with Crippen molar-refractivity contribution in [2.75, 3.05) is 0 Å². The Morgan fingerprint density at radius 2 is 2.30 bits per heavy atom. The second-order valence-electron chi connectivity index (χ2n) is 2.77. The topological polar surface area (TPSA) is 29.6 Å². The van der Waals surface area contributed by atoms with Crippen molar-refractivity contribution in [1.29, 1.82) is 0 Å². The third-order valence-corrected chi connectivity index (χ3v) is 1.85. The zero-order chi connectivity index (χ0) is 7.40. The number of rotatable bonds is 5. The molecule has 0 aliphatic carbocycles. The highest BCUT2D eigenvalue weighted by molar-refractivity contribution is 5.60. The number of carbonyl (C=O) groups is 1. The van der Waals surface area contributed by atoms with Crippen LogP contribution in [0.3, 0.4) is 0 Å². The van der Waals surface area contributed by atoms with Crippen LogP contribution >= 0.6 is 0 Å². The third kappa shape index (κ3) is 2.10. The van der Waals surface area contributed by atoms with E-state index in [1.54, 1.807) is 0 Å². The molecule has 2 heteroatoms. The van der Waals surface area contributed by atoms with Gasteiger partial charge >= 0.3 is 0 Å². The van der Waals surface area contributed by atoms with Crippen LogP contribution in [0.1, 0.15) is 32.6 Å². The molecule has 0 saturated carbocycles. The summed E-state index contributed by atoms with van der Waals surface area (Å²) in [6.45, 7) is 2.17. The molecule has 1 rings (SSSR count). The van der Waals surface area contributed by atoms with Crippen molar-refractivity contribution in [2.45, 2.75) is 44.8 Å². The zero-order valence-corrected chi connectivity index (χ0v) is 6.38. The molecule has 0 amide bonds. The molecule has 1 unspecified atom stereocenters. The highest BCUT2D eigenvalue weighted by Gasteiger charge is 2.37. The average Bonchev–Trinajstić information content (AvgIpc) is 2.68. The van der Waals surface area contributed by atoms with E-state index in [9.17, 15) is 4.79 Å². The standard InChI is InChI=1S/C8H14O2/c1-2-3-4-5-7-8(6-9)10-7/h6-8H,2-5H2,1H3/t7?,8-/m1/s1. The summed E-state index contributed by atoms with van der Waals surface area (Å²) in [5.41, 5.74) is 0. The minimum atomic E-state index is -0.0585. The van der Waals surface area contributed by atoms with Gasteiger partial charge in [-0.15, -0.1) is 0 Å². The molecule has 1 saturated heterocycles. The van der Waals surface area contributed by atoms with Gasteiger partial charge in [0.2, 0.25) is 0 Å². The first-order valence-electron chi connectivity index (χ1n) is 3.99. The van der Waals surface area contributed by atoms with Crippen LogP contribution < -0.4 is 0 Å². The summed E-state index contributed by atoms with van der Waals surface area (Å²) in [7, 11) is 0. The van der Waals surface area contributed by atoms with Crippen LogP contribution in [0.25, 0.3) is 0 Å². The van der Waals surface area contributed by atoms with E-state index in [-0.39, 0.29) is 12.2 Å². The van der Waals surface area contributed by atoms with Gasteiger partial charge in [0.15, 0.2) is 6.29 Å². The van der Waals surface area contributed by atoms with Gasteiger partial charge < -0.3 is 9.53 Å². The minimum absolute atomic E-state index is 0.0585. The second-order valence-corrected chi connectivity index (χ2v) is 2.77. The monoisotopic (exact) mass is 142 g/mol. The molecule has 0 N–H and O–H groups in total. The Hall–Kier alpha value is -0.370. The maximum Gasteiger partial charge on any atom is 0.151 e. The molecule has 0 spiro atoms. The van der Waals surface area contributed by atoms with Gasteiger partial charge in [0.1, 0.15) is 6.10 Å². The summed E-state index contributed by atoms with van der Waals surface area (Å²) in [4.78, 5) is 10.1. The van der Waals surface area contributed by atoms with Crippen molar-refractivity contribution < 1.29 is 9.53 Å². The molecular weight excluding hydrogens is 128 g/mol. The molecule has 58 valence electrons. The molecule has 1 fully saturated rings. The summed E-state index contributed by atoms with van der Waals surface area (Å²) in [6, 6.07) is 0. The maximum absolute atomic E-state index is 10.1. The van der Waals surface area contributed by atoms with Gasteiger partial charge in [0.25, 0.3) is 0 Å². The minimum Gasteiger partial charge on any atom is -0.362 e. The highest BCUT2D eigenvalue weighted by Crippen LogP contribution is 2.25. The lowest BCUT2D eigenvalue weighted by Crippen LogP contribution is -1.93. The van der Waals surface area contributed by atoms with E-state index in [1.165, 1.54) is 19.3 Å². The van der Waals surface area contributed by atoms with Gasteiger partial charge in [-0.25, -0.2) is 0 Å². The van der Waals surface area contributed by atoms with Crippen LogP contribution in [0.4, 0.5) is 0 Å². The molecule has 1 aliphatic rings. The molecule has 0 radical (unpaired) electrons. The fourth-order valence-electron chi connectivity index (χ4n) is 1.10. The molecule has 2 atom stereocenters. The first kappa shape index (κ1) is 7.73. The lowest BCUT2D eigenvalue weighted by molar-refractivity contribution is -0.108. The van der Waals surface area contributed by atoms with Gasteiger partial charge in [-0.2, -0.15) is 0 Å². The third-order valence-electron chi connectivity index (χ3n) is 1.85. The first-order valence-corrected chi connectivity index (χ1v) is 3.99. The lowest BCUT2D eigenvalue weighted by atomic mass is 10.1. The van der Waals surface area contributed by atoms with E-state index in [2.05, 4.69) is 6.92 Å². The van der Waals surface area contributed by atoms with Gasteiger partial charge in [0, 0.05) is 0 Å². The Morgan fingerprint density at radius 3 is 2.80 bits per heavy atom. The largest absolute Gasteiger partial charge is 0.362 e. The van der Waals surface area contributed by atoms with Crippen molar-refractivity contribution >= 4 is 6.29 Å². The van der Waals surface area contributed by atoms with Crippen molar-refractivity contribution in [3.63, 3.8) is 0 Å². The average molecular weight is 142 g/mol. The second kappa shape index (κ2) is 3.71. The molecule has 0 aromatic heterocycles. The molecule has 0 bridgehead atoms. The van der Waals surface area contributed by atoms with E-state index in [1.807, 2.05) is 0 Å². The molecule has 2 nitrogen and oxygen atoms in total. The first-order chi connectivity index (χ1) is 4.88. The Balaban J connectivity index is 1.91. The SMILES string of the molecule is CCCCCC1O[C@@H]1C=O. The van der Waals surface area contributed by atoms with Crippen molar-refractivity contribution in [1.82, 2.24) is 0 Å². The number of epoxide rings is 1. The summed E-state index contributed by atoms with van der Waals surface area (Å²) < 4.78 is 5.04. The van der Waals surface area contributed by atoms with Crippen molar-refractivity contribution in [3.8, 4) is 0 Å². The Labute approximate surface area is 61.6 Å². The molecule has 10 heavy (non-hydrogen) atoms. The molecule has 0 aromatic rings. The zero-order valence-electron chi connectivity index (χ0n) is 6.38. The van der Waals surface area contributed by atoms with Crippen LogP contribution in [0.15, 0.2) is 0 Å². The van der Waals surface area contributed by atoms with E-state index < -0.39 is 0 Å². The van der Waals surface area contributed by atoms with Crippen LogP contribution in [0.2, 0.25) is 0 Å². The van der Waals surface area contributed by atoms with Gasteiger partial charge in [-0.1, -0.05) is 26.2 Å². The fraction of sp³-hybridized carbons (Fsp3) is 0.875. The van der Waals surface area contributed by atoms with Gasteiger partial charge in [0.05, 0.1) is 6.10 Å². The highest BCUT2D eigenvalue weighted by atomic mass is 16.6. The number of carbonyl (C=O) groups excluding carboxylic acids is 1. The van der Waals surface area contributed by atoms with Crippen LogP contribution in [-0.4, -0.2) is 18.5 Å². The number of hydrogen-bond acceptors (Lipinski definition) is 2. The molecule has 1 aliphatic heterocycles. The smallest absolute Gasteiger partial charge is 0.151 e. The normalized spacial score (nSPS) is 30.1. The van der Waals surface area contributed by atoms with E-state index in [0.717, 1.165) is 12.7 Å². The van der Waals surface area contributed by atoms with Gasteiger partial charge in [-0.3, -0.25) is 0 Å². The molecule has 0 aromatic carbocycles. The van der Waals surface area contributed by atoms with E-state index in [0.29, 0.717) is 0 Å². The maximum atomic E-state index is 10.1. The Bertz CT molecular complexity index is 112. The van der Waals surface area contributed by atoms with E-state index >= 15 is 0 Å². The Kier molecular flexibility index (Phi) is 2.87. The number of unbranched alkanes of at least 4 members (excludes halogenated alkanes) is 2. The van der Waals surface area contributed by atoms with Crippen LogP contribution in [0.5, 0.6) is 0 Å². The van der Waals surface area contributed by atoms with Crippen LogP contribution in [-0.2, 0) is 9.53 Å². The molecule has 1 heterocycles. The molecular formula is C8H14O2. The quantitative estimate of drug-likeness (QED) is 0.331. The summed E-state index contributed by atoms with van der Waals surface area (Å²) in [6.07, 6.45) is 5.87.